The van der Waals surface area contributed by atoms with E-state index in [1.54, 1.807) is 0 Å². The van der Waals surface area contributed by atoms with E-state index in [2.05, 4.69) is 66.2 Å². The van der Waals surface area contributed by atoms with Crippen molar-refractivity contribution in [3.63, 3.8) is 0 Å². The van der Waals surface area contributed by atoms with Gasteiger partial charge in [0.2, 0.25) is 0 Å². The molecule has 1 rings (SSSR count). The third kappa shape index (κ3) is 4.22. The first-order valence-electron chi connectivity index (χ1n) is 5.97. The van der Waals surface area contributed by atoms with Gasteiger partial charge in [-0.15, -0.1) is 0 Å². The summed E-state index contributed by atoms with van der Waals surface area (Å²) >= 11 is 5.50. The highest BCUT2D eigenvalue weighted by atomic mass is 79.9. The van der Waals surface area contributed by atoms with Crippen molar-refractivity contribution >= 4 is 33.4 Å². The molecule has 0 amide bonds. The van der Waals surface area contributed by atoms with Crippen LogP contribution in [0.2, 0.25) is 0 Å². The summed E-state index contributed by atoms with van der Waals surface area (Å²) in [5.41, 5.74) is 4.05. The molecule has 0 aliphatic heterocycles. The summed E-state index contributed by atoms with van der Waals surface area (Å²) < 4.78 is 0. The summed E-state index contributed by atoms with van der Waals surface area (Å²) in [5.74, 6) is 1.22. The second kappa shape index (κ2) is 7.32. The summed E-state index contributed by atoms with van der Waals surface area (Å²) in [5, 5.41) is 0.920. The molecule has 1 atom stereocenters. The Balaban J connectivity index is 2.83. The molecule has 0 saturated heterocycles. The lowest BCUT2D eigenvalue weighted by atomic mass is 10.1. The molecular formula is C14H22BrNS. The standard InChI is InChI=1S/C14H22BrNS/c1-11-5-6-14(13(9-11)10-15)16(3)12(2)7-8-17-4/h5-6,9,12H,7-8,10H2,1-4H3. The van der Waals surface area contributed by atoms with Gasteiger partial charge in [-0.25, -0.2) is 0 Å². The number of benzene rings is 1. The fourth-order valence-corrected chi connectivity index (χ4v) is 2.91. The van der Waals surface area contributed by atoms with Crippen LogP contribution in [0.15, 0.2) is 18.2 Å². The molecule has 1 aromatic carbocycles. The molecule has 0 spiro atoms. The van der Waals surface area contributed by atoms with E-state index >= 15 is 0 Å². The second-order valence-electron chi connectivity index (χ2n) is 4.51. The normalized spacial score (nSPS) is 12.5. The van der Waals surface area contributed by atoms with Crippen molar-refractivity contribution in [2.24, 2.45) is 0 Å². The fraction of sp³-hybridized carbons (Fsp3) is 0.571. The molecule has 1 unspecified atom stereocenters. The molecule has 0 aliphatic carbocycles. The van der Waals surface area contributed by atoms with Crippen LogP contribution in [0.3, 0.4) is 0 Å². The predicted octanol–water partition coefficient (Wildman–Crippen LogP) is 4.47. The molecular weight excluding hydrogens is 294 g/mol. The lowest BCUT2D eigenvalue weighted by Crippen LogP contribution is -2.30. The number of nitrogens with zero attached hydrogens (tertiary/aromatic N) is 1. The van der Waals surface area contributed by atoms with Crippen LogP contribution in [0.5, 0.6) is 0 Å². The first-order chi connectivity index (χ1) is 8.10. The first-order valence-corrected chi connectivity index (χ1v) is 8.49. The van der Waals surface area contributed by atoms with Crippen molar-refractivity contribution in [2.75, 3.05) is 24.0 Å². The van der Waals surface area contributed by atoms with E-state index < -0.39 is 0 Å². The third-order valence-electron chi connectivity index (χ3n) is 3.16. The Bertz CT molecular complexity index is 354. The average Bonchev–Trinajstić information content (AvgIpc) is 2.34. The summed E-state index contributed by atoms with van der Waals surface area (Å²) in [6.45, 7) is 4.45. The summed E-state index contributed by atoms with van der Waals surface area (Å²) in [6.07, 6.45) is 3.40. The van der Waals surface area contributed by atoms with E-state index in [0.29, 0.717) is 6.04 Å². The topological polar surface area (TPSA) is 3.24 Å². The maximum absolute atomic E-state index is 3.58. The molecule has 0 N–H and O–H groups in total. The van der Waals surface area contributed by atoms with Gasteiger partial charge >= 0.3 is 0 Å². The van der Waals surface area contributed by atoms with Gasteiger partial charge in [0.25, 0.3) is 0 Å². The quantitative estimate of drug-likeness (QED) is 0.713. The van der Waals surface area contributed by atoms with Crippen LogP contribution in [-0.2, 0) is 5.33 Å². The van der Waals surface area contributed by atoms with Gasteiger partial charge in [-0.3, -0.25) is 0 Å². The Labute approximate surface area is 118 Å². The van der Waals surface area contributed by atoms with E-state index in [9.17, 15) is 0 Å². The third-order valence-corrected chi connectivity index (χ3v) is 4.41. The van der Waals surface area contributed by atoms with Crippen LogP contribution < -0.4 is 4.90 Å². The minimum absolute atomic E-state index is 0.586. The number of aryl methyl sites for hydroxylation is 1. The Morgan fingerprint density at radius 2 is 2.12 bits per heavy atom. The summed E-state index contributed by atoms with van der Waals surface area (Å²) in [6, 6.07) is 7.28. The summed E-state index contributed by atoms with van der Waals surface area (Å²) in [4.78, 5) is 2.40. The number of hydrogen-bond donors (Lipinski definition) is 0. The van der Waals surface area contributed by atoms with Gasteiger partial charge in [0.1, 0.15) is 0 Å². The number of halogens is 1. The highest BCUT2D eigenvalue weighted by Crippen LogP contribution is 2.25. The first kappa shape index (κ1) is 14.9. The maximum atomic E-state index is 3.58. The van der Waals surface area contributed by atoms with Gasteiger partial charge in [-0.2, -0.15) is 11.8 Å². The van der Waals surface area contributed by atoms with Gasteiger partial charge in [-0.1, -0.05) is 33.6 Å². The molecule has 0 aliphatic rings. The molecule has 0 bridgehead atoms. The van der Waals surface area contributed by atoms with E-state index in [-0.39, 0.29) is 0 Å². The zero-order chi connectivity index (χ0) is 12.8. The van der Waals surface area contributed by atoms with Crippen molar-refractivity contribution in [3.05, 3.63) is 29.3 Å². The van der Waals surface area contributed by atoms with Crippen molar-refractivity contribution in [2.45, 2.75) is 31.6 Å². The Morgan fingerprint density at radius 1 is 1.41 bits per heavy atom. The predicted molar refractivity (Wildman–Crippen MR) is 84.7 cm³/mol. The van der Waals surface area contributed by atoms with Gasteiger partial charge < -0.3 is 4.90 Å². The zero-order valence-electron chi connectivity index (χ0n) is 11.2. The molecule has 96 valence electrons. The zero-order valence-corrected chi connectivity index (χ0v) is 13.6. The molecule has 1 aromatic rings. The monoisotopic (exact) mass is 315 g/mol. The van der Waals surface area contributed by atoms with Crippen molar-refractivity contribution in [1.82, 2.24) is 0 Å². The maximum Gasteiger partial charge on any atom is 0.0407 e. The second-order valence-corrected chi connectivity index (χ2v) is 6.05. The Hall–Kier alpha value is -0.150. The van der Waals surface area contributed by atoms with Crippen molar-refractivity contribution in [3.8, 4) is 0 Å². The lowest BCUT2D eigenvalue weighted by Gasteiger charge is -2.29. The largest absolute Gasteiger partial charge is 0.372 e. The molecule has 0 aromatic heterocycles. The number of alkyl halides is 1. The van der Waals surface area contributed by atoms with Gasteiger partial charge in [0.15, 0.2) is 0 Å². The molecule has 0 heterocycles. The molecule has 0 radical (unpaired) electrons. The van der Waals surface area contributed by atoms with E-state index in [4.69, 9.17) is 0 Å². The van der Waals surface area contributed by atoms with Crippen molar-refractivity contribution < 1.29 is 0 Å². The minimum Gasteiger partial charge on any atom is -0.372 e. The van der Waals surface area contributed by atoms with Crippen molar-refractivity contribution in [1.29, 1.82) is 0 Å². The Morgan fingerprint density at radius 3 is 2.71 bits per heavy atom. The van der Waals surface area contributed by atoms with E-state index in [1.165, 1.54) is 29.0 Å². The number of thioether (sulfide) groups is 1. The highest BCUT2D eigenvalue weighted by Gasteiger charge is 2.12. The van der Waals surface area contributed by atoms with E-state index in [1.807, 2.05) is 11.8 Å². The van der Waals surface area contributed by atoms with Crippen LogP contribution in [-0.4, -0.2) is 25.1 Å². The number of anilines is 1. The SMILES string of the molecule is CSCCC(C)N(C)c1ccc(C)cc1CBr. The smallest absolute Gasteiger partial charge is 0.0407 e. The number of rotatable bonds is 6. The molecule has 1 nitrogen and oxygen atoms in total. The van der Waals surface area contributed by atoms with Crippen LogP contribution in [0.25, 0.3) is 0 Å². The van der Waals surface area contributed by atoms with E-state index in [0.717, 1.165) is 5.33 Å². The average molecular weight is 316 g/mol. The fourth-order valence-electron chi connectivity index (χ4n) is 1.88. The van der Waals surface area contributed by atoms with Gasteiger partial charge in [0, 0.05) is 24.1 Å². The van der Waals surface area contributed by atoms with Crippen LogP contribution in [0.4, 0.5) is 5.69 Å². The van der Waals surface area contributed by atoms with Gasteiger partial charge in [-0.05, 0) is 43.9 Å². The lowest BCUT2D eigenvalue weighted by molar-refractivity contribution is 0.668. The van der Waals surface area contributed by atoms with Crippen LogP contribution >= 0.6 is 27.7 Å². The molecule has 17 heavy (non-hydrogen) atoms. The van der Waals surface area contributed by atoms with Crippen LogP contribution in [0.1, 0.15) is 24.5 Å². The molecule has 0 saturated carbocycles. The summed E-state index contributed by atoms with van der Waals surface area (Å²) in [7, 11) is 2.20. The number of hydrogen-bond acceptors (Lipinski definition) is 2. The highest BCUT2D eigenvalue weighted by molar-refractivity contribution is 9.08. The van der Waals surface area contributed by atoms with Gasteiger partial charge in [0.05, 0.1) is 0 Å². The minimum atomic E-state index is 0.586. The Kier molecular flexibility index (Phi) is 6.42. The molecule has 0 fully saturated rings. The van der Waals surface area contributed by atoms with Crippen LogP contribution in [0, 0.1) is 6.92 Å². The molecule has 3 heteroatoms.